The van der Waals surface area contributed by atoms with E-state index in [1.807, 2.05) is 0 Å². The van der Waals surface area contributed by atoms with Crippen molar-refractivity contribution in [1.82, 2.24) is 0 Å². The van der Waals surface area contributed by atoms with Gasteiger partial charge in [-0.2, -0.15) is 0 Å². The molecule has 0 saturated heterocycles. The van der Waals surface area contributed by atoms with E-state index in [-0.39, 0.29) is 5.78 Å². The molecule has 0 spiro atoms. The lowest BCUT2D eigenvalue weighted by molar-refractivity contribution is 0.101. The van der Waals surface area contributed by atoms with E-state index in [0.29, 0.717) is 21.4 Å². The van der Waals surface area contributed by atoms with Crippen LogP contribution in [0.1, 0.15) is 17.3 Å². The molecule has 1 aromatic carbocycles. The second-order valence-electron chi connectivity index (χ2n) is 3.34. The minimum atomic E-state index is -0.400. The lowest BCUT2D eigenvalue weighted by Crippen LogP contribution is -1.96. The summed E-state index contributed by atoms with van der Waals surface area (Å²) in [4.78, 5) is 11.4. The number of carbonyl (C=O) groups is 1. The molecule has 0 amide bonds. The molecule has 0 saturated carbocycles. The zero-order valence-corrected chi connectivity index (χ0v) is 10.0. The van der Waals surface area contributed by atoms with Gasteiger partial charge in [0, 0.05) is 11.1 Å². The monoisotopic (exact) mass is 282 g/mol. The Hall–Kier alpha value is -1.42. The fourth-order valence-electron chi connectivity index (χ4n) is 1.50. The van der Waals surface area contributed by atoms with Crippen molar-refractivity contribution in [2.75, 3.05) is 0 Å². The molecule has 0 fully saturated rings. The van der Waals surface area contributed by atoms with Crippen LogP contribution in [0.4, 0.5) is 4.39 Å². The summed E-state index contributed by atoms with van der Waals surface area (Å²) in [6.45, 7) is 1.44. The van der Waals surface area contributed by atoms with Crippen LogP contribution in [0.15, 0.2) is 39.4 Å². The molecule has 0 aliphatic rings. The summed E-state index contributed by atoms with van der Waals surface area (Å²) < 4.78 is 19.1. The number of halogens is 2. The summed E-state index contributed by atoms with van der Waals surface area (Å²) in [5.74, 6) is -0.0636. The second-order valence-corrected chi connectivity index (χ2v) is 4.20. The highest BCUT2D eigenvalue weighted by atomic mass is 79.9. The Bertz CT molecular complexity index is 546. The molecule has 2 nitrogen and oxygen atoms in total. The Morgan fingerprint density at radius 2 is 2.12 bits per heavy atom. The van der Waals surface area contributed by atoms with Crippen molar-refractivity contribution in [3.8, 4) is 11.3 Å². The molecule has 16 heavy (non-hydrogen) atoms. The predicted octanol–water partition coefficient (Wildman–Crippen LogP) is 4.05. The molecule has 82 valence electrons. The summed E-state index contributed by atoms with van der Waals surface area (Å²) in [6, 6.07) is 5.71. The average molecular weight is 283 g/mol. The van der Waals surface area contributed by atoms with Gasteiger partial charge in [0.15, 0.2) is 5.78 Å². The van der Waals surface area contributed by atoms with Gasteiger partial charge >= 0.3 is 0 Å². The van der Waals surface area contributed by atoms with Gasteiger partial charge in [-0.15, -0.1) is 0 Å². The number of hydrogen-bond acceptors (Lipinski definition) is 2. The third kappa shape index (κ3) is 1.93. The standard InChI is InChI=1S/C12H8BrFO2/c1-7(15)9-3-2-8(14)6-10(9)12-11(13)4-5-16-12/h2-6H,1H3. The van der Waals surface area contributed by atoms with Crippen molar-refractivity contribution in [2.24, 2.45) is 0 Å². The number of hydrogen-bond donors (Lipinski definition) is 0. The van der Waals surface area contributed by atoms with Gasteiger partial charge in [-0.25, -0.2) is 4.39 Å². The van der Waals surface area contributed by atoms with E-state index < -0.39 is 5.82 Å². The number of ketones is 1. The Morgan fingerprint density at radius 3 is 2.69 bits per heavy atom. The third-order valence-corrected chi connectivity index (χ3v) is 2.85. The van der Waals surface area contributed by atoms with E-state index in [1.54, 1.807) is 6.07 Å². The lowest BCUT2D eigenvalue weighted by Gasteiger charge is -2.04. The van der Waals surface area contributed by atoms with Crippen molar-refractivity contribution >= 4 is 21.7 Å². The molecule has 1 aromatic heterocycles. The van der Waals surface area contributed by atoms with Crippen LogP contribution in [0.5, 0.6) is 0 Å². The Morgan fingerprint density at radius 1 is 1.38 bits per heavy atom. The van der Waals surface area contributed by atoms with Gasteiger partial charge < -0.3 is 4.42 Å². The van der Waals surface area contributed by atoms with Crippen LogP contribution in [0, 0.1) is 5.82 Å². The molecule has 4 heteroatoms. The van der Waals surface area contributed by atoms with Gasteiger partial charge in [0.05, 0.1) is 10.7 Å². The minimum Gasteiger partial charge on any atom is -0.463 e. The Kier molecular flexibility index (Phi) is 2.92. The maximum absolute atomic E-state index is 13.2. The number of Topliss-reactive ketones (excluding diaryl/α,β-unsaturated/α-hetero) is 1. The fourth-order valence-corrected chi connectivity index (χ4v) is 1.91. The van der Waals surface area contributed by atoms with Gasteiger partial charge in [-0.05, 0) is 47.1 Å². The first kappa shape index (κ1) is 11.1. The first-order valence-corrected chi connectivity index (χ1v) is 5.42. The second kappa shape index (κ2) is 4.22. The fraction of sp³-hybridized carbons (Fsp3) is 0.0833. The zero-order chi connectivity index (χ0) is 11.7. The van der Waals surface area contributed by atoms with Gasteiger partial charge in [-0.3, -0.25) is 4.79 Å². The summed E-state index contributed by atoms with van der Waals surface area (Å²) >= 11 is 3.28. The predicted molar refractivity (Wildman–Crippen MR) is 61.8 cm³/mol. The van der Waals surface area contributed by atoms with Crippen molar-refractivity contribution in [3.63, 3.8) is 0 Å². The normalized spacial score (nSPS) is 10.4. The molecule has 0 aliphatic heterocycles. The minimum absolute atomic E-state index is 0.127. The zero-order valence-electron chi connectivity index (χ0n) is 8.46. The first-order valence-electron chi connectivity index (χ1n) is 4.63. The molecule has 0 radical (unpaired) electrons. The highest BCUT2D eigenvalue weighted by Gasteiger charge is 2.15. The number of carbonyl (C=O) groups excluding carboxylic acids is 1. The van der Waals surface area contributed by atoms with E-state index in [4.69, 9.17) is 4.42 Å². The number of rotatable bonds is 2. The van der Waals surface area contributed by atoms with Gasteiger partial charge in [0.25, 0.3) is 0 Å². The SMILES string of the molecule is CC(=O)c1ccc(F)cc1-c1occc1Br. The van der Waals surface area contributed by atoms with Gasteiger partial charge in [0.1, 0.15) is 11.6 Å². The van der Waals surface area contributed by atoms with Crippen molar-refractivity contribution < 1.29 is 13.6 Å². The third-order valence-electron chi connectivity index (χ3n) is 2.22. The van der Waals surface area contributed by atoms with Crippen LogP contribution in [0.2, 0.25) is 0 Å². The van der Waals surface area contributed by atoms with Gasteiger partial charge in [-0.1, -0.05) is 0 Å². The first-order chi connectivity index (χ1) is 7.59. The van der Waals surface area contributed by atoms with E-state index in [1.165, 1.54) is 31.4 Å². The summed E-state index contributed by atoms with van der Waals surface area (Å²) in [5, 5.41) is 0. The topological polar surface area (TPSA) is 30.2 Å². The molecule has 0 N–H and O–H groups in total. The van der Waals surface area contributed by atoms with Gasteiger partial charge in [0.2, 0.25) is 0 Å². The summed E-state index contributed by atoms with van der Waals surface area (Å²) in [6.07, 6.45) is 1.48. The van der Waals surface area contributed by atoms with E-state index in [9.17, 15) is 9.18 Å². The van der Waals surface area contributed by atoms with Crippen LogP contribution < -0.4 is 0 Å². The van der Waals surface area contributed by atoms with Crippen molar-refractivity contribution in [2.45, 2.75) is 6.92 Å². The molecular weight excluding hydrogens is 275 g/mol. The Labute approximate surface area is 100 Å². The molecule has 0 bridgehead atoms. The average Bonchev–Trinajstić information content (AvgIpc) is 2.63. The number of furan rings is 1. The van der Waals surface area contributed by atoms with Crippen molar-refractivity contribution in [3.05, 3.63) is 46.4 Å². The van der Waals surface area contributed by atoms with Crippen LogP contribution in [-0.4, -0.2) is 5.78 Å². The highest BCUT2D eigenvalue weighted by Crippen LogP contribution is 2.32. The van der Waals surface area contributed by atoms with E-state index >= 15 is 0 Å². The van der Waals surface area contributed by atoms with Crippen LogP contribution >= 0.6 is 15.9 Å². The molecule has 0 aliphatic carbocycles. The summed E-state index contributed by atoms with van der Waals surface area (Å²) in [5.41, 5.74) is 0.904. The molecule has 2 rings (SSSR count). The smallest absolute Gasteiger partial charge is 0.160 e. The number of benzene rings is 1. The maximum atomic E-state index is 13.2. The summed E-state index contributed by atoms with van der Waals surface area (Å²) in [7, 11) is 0. The highest BCUT2D eigenvalue weighted by molar-refractivity contribution is 9.10. The molecule has 0 unspecified atom stereocenters. The van der Waals surface area contributed by atoms with Crippen molar-refractivity contribution in [1.29, 1.82) is 0 Å². The van der Waals surface area contributed by atoms with E-state index in [0.717, 1.165) is 0 Å². The molecule has 2 aromatic rings. The Balaban J connectivity index is 2.67. The lowest BCUT2D eigenvalue weighted by atomic mass is 10.0. The largest absolute Gasteiger partial charge is 0.463 e. The molecular formula is C12H8BrFO2. The van der Waals surface area contributed by atoms with E-state index in [2.05, 4.69) is 15.9 Å². The molecule has 1 heterocycles. The molecule has 0 atom stereocenters. The van der Waals surface area contributed by atoms with Crippen LogP contribution in [-0.2, 0) is 0 Å². The van der Waals surface area contributed by atoms with Crippen LogP contribution in [0.3, 0.4) is 0 Å². The maximum Gasteiger partial charge on any atom is 0.160 e. The van der Waals surface area contributed by atoms with Crippen LogP contribution in [0.25, 0.3) is 11.3 Å². The quantitative estimate of drug-likeness (QED) is 0.778.